The molecule has 72 valence electrons. The number of rotatable bonds is 2. The summed E-state index contributed by atoms with van der Waals surface area (Å²) in [6.45, 7) is 3.79. The summed E-state index contributed by atoms with van der Waals surface area (Å²) in [5, 5.41) is 3.45. The summed E-state index contributed by atoms with van der Waals surface area (Å²) in [5.41, 5.74) is 8.25. The standard InChI is InChI=1S/C10H16N2O/c1-7-8-3-5-12-10(2-4-11)9(8)6-13-7/h6,10,12H,2-5,11H2,1H3. The molecule has 1 unspecified atom stereocenters. The van der Waals surface area contributed by atoms with Crippen molar-refractivity contribution in [1.82, 2.24) is 5.32 Å². The molecule has 1 aliphatic rings. The van der Waals surface area contributed by atoms with Gasteiger partial charge in [-0.1, -0.05) is 0 Å². The van der Waals surface area contributed by atoms with Gasteiger partial charge in [0.25, 0.3) is 0 Å². The molecule has 0 amide bonds. The first-order valence-electron chi connectivity index (χ1n) is 4.83. The van der Waals surface area contributed by atoms with Crippen LogP contribution < -0.4 is 11.1 Å². The van der Waals surface area contributed by atoms with Crippen molar-refractivity contribution in [2.24, 2.45) is 5.73 Å². The predicted octanol–water partition coefficient (Wildman–Crippen LogP) is 1.12. The third kappa shape index (κ3) is 1.49. The molecule has 0 aromatic carbocycles. The number of nitrogens with two attached hydrogens (primary N) is 1. The normalized spacial score (nSPS) is 21.5. The van der Waals surface area contributed by atoms with Crippen LogP contribution in [0.3, 0.4) is 0 Å². The van der Waals surface area contributed by atoms with Crippen LogP contribution in [0.15, 0.2) is 10.7 Å². The Morgan fingerprint density at radius 3 is 3.31 bits per heavy atom. The highest BCUT2D eigenvalue weighted by Gasteiger charge is 2.22. The molecule has 2 heterocycles. The van der Waals surface area contributed by atoms with Crippen LogP contribution in [0.25, 0.3) is 0 Å². The van der Waals surface area contributed by atoms with Crippen molar-refractivity contribution < 1.29 is 4.42 Å². The van der Waals surface area contributed by atoms with Gasteiger partial charge in [-0.05, 0) is 38.4 Å². The van der Waals surface area contributed by atoms with Gasteiger partial charge in [-0.3, -0.25) is 0 Å². The fourth-order valence-corrected chi connectivity index (χ4v) is 2.02. The van der Waals surface area contributed by atoms with Crippen LogP contribution in [0, 0.1) is 6.92 Å². The number of hydrogen-bond acceptors (Lipinski definition) is 3. The van der Waals surface area contributed by atoms with Crippen LogP contribution in [-0.2, 0) is 6.42 Å². The van der Waals surface area contributed by atoms with Crippen LogP contribution in [0.1, 0.15) is 29.3 Å². The molecule has 1 aromatic heterocycles. The summed E-state index contributed by atoms with van der Waals surface area (Å²) in [7, 11) is 0. The minimum absolute atomic E-state index is 0.409. The van der Waals surface area contributed by atoms with Crippen molar-refractivity contribution in [3.8, 4) is 0 Å². The molecule has 3 nitrogen and oxygen atoms in total. The maximum atomic E-state index is 5.55. The lowest BCUT2D eigenvalue weighted by molar-refractivity contribution is 0.480. The summed E-state index contributed by atoms with van der Waals surface area (Å²) < 4.78 is 5.41. The molecule has 2 rings (SSSR count). The van der Waals surface area contributed by atoms with Crippen molar-refractivity contribution in [2.45, 2.75) is 25.8 Å². The van der Waals surface area contributed by atoms with Gasteiger partial charge in [-0.25, -0.2) is 0 Å². The number of fused-ring (bicyclic) bond motifs is 1. The van der Waals surface area contributed by atoms with Gasteiger partial charge in [-0.15, -0.1) is 0 Å². The minimum atomic E-state index is 0.409. The van der Waals surface area contributed by atoms with E-state index in [4.69, 9.17) is 10.2 Å². The molecule has 0 saturated carbocycles. The fourth-order valence-electron chi connectivity index (χ4n) is 2.02. The Hall–Kier alpha value is -0.800. The van der Waals surface area contributed by atoms with E-state index in [1.807, 2.05) is 13.2 Å². The van der Waals surface area contributed by atoms with Crippen molar-refractivity contribution in [1.29, 1.82) is 0 Å². The first-order chi connectivity index (χ1) is 6.33. The van der Waals surface area contributed by atoms with Gasteiger partial charge in [-0.2, -0.15) is 0 Å². The van der Waals surface area contributed by atoms with Crippen molar-refractivity contribution in [2.75, 3.05) is 13.1 Å². The van der Waals surface area contributed by atoms with Crippen LogP contribution >= 0.6 is 0 Å². The Kier molecular flexibility index (Phi) is 2.38. The zero-order valence-electron chi connectivity index (χ0n) is 7.97. The molecule has 1 aromatic rings. The minimum Gasteiger partial charge on any atom is -0.469 e. The van der Waals surface area contributed by atoms with Crippen LogP contribution in [0.4, 0.5) is 0 Å². The molecule has 1 aliphatic heterocycles. The lowest BCUT2D eigenvalue weighted by Crippen LogP contribution is -2.30. The summed E-state index contributed by atoms with van der Waals surface area (Å²) in [4.78, 5) is 0. The lowest BCUT2D eigenvalue weighted by Gasteiger charge is -2.23. The quantitative estimate of drug-likeness (QED) is 0.717. The van der Waals surface area contributed by atoms with E-state index in [0.29, 0.717) is 6.04 Å². The highest BCUT2D eigenvalue weighted by molar-refractivity contribution is 5.32. The molecule has 13 heavy (non-hydrogen) atoms. The summed E-state index contributed by atoms with van der Waals surface area (Å²) >= 11 is 0. The molecule has 0 saturated heterocycles. The molecule has 0 bridgehead atoms. The van der Waals surface area contributed by atoms with E-state index < -0.39 is 0 Å². The maximum Gasteiger partial charge on any atom is 0.104 e. The van der Waals surface area contributed by atoms with E-state index in [2.05, 4.69) is 5.32 Å². The number of nitrogens with one attached hydrogen (secondary N) is 1. The van der Waals surface area contributed by atoms with Gasteiger partial charge in [0.1, 0.15) is 5.76 Å². The largest absolute Gasteiger partial charge is 0.469 e. The number of hydrogen-bond donors (Lipinski definition) is 2. The molecule has 0 aliphatic carbocycles. The van der Waals surface area contributed by atoms with Gasteiger partial charge in [0.15, 0.2) is 0 Å². The third-order valence-corrected chi connectivity index (χ3v) is 2.73. The van der Waals surface area contributed by atoms with E-state index in [1.165, 1.54) is 11.1 Å². The van der Waals surface area contributed by atoms with Crippen LogP contribution in [-0.4, -0.2) is 13.1 Å². The Labute approximate surface area is 78.3 Å². The zero-order valence-corrected chi connectivity index (χ0v) is 7.97. The van der Waals surface area contributed by atoms with E-state index in [9.17, 15) is 0 Å². The van der Waals surface area contributed by atoms with Crippen molar-refractivity contribution in [3.63, 3.8) is 0 Å². The monoisotopic (exact) mass is 180 g/mol. The third-order valence-electron chi connectivity index (χ3n) is 2.73. The van der Waals surface area contributed by atoms with Crippen LogP contribution in [0.2, 0.25) is 0 Å². The smallest absolute Gasteiger partial charge is 0.104 e. The molecule has 1 atom stereocenters. The summed E-state index contributed by atoms with van der Waals surface area (Å²) in [6, 6.07) is 0.409. The lowest BCUT2D eigenvalue weighted by atomic mass is 9.95. The van der Waals surface area contributed by atoms with Gasteiger partial charge in [0, 0.05) is 11.6 Å². The van der Waals surface area contributed by atoms with Gasteiger partial charge in [0.2, 0.25) is 0 Å². The maximum absolute atomic E-state index is 5.55. The second kappa shape index (κ2) is 3.52. The van der Waals surface area contributed by atoms with E-state index in [0.717, 1.165) is 31.7 Å². The fraction of sp³-hybridized carbons (Fsp3) is 0.600. The molecule has 3 heteroatoms. The number of aryl methyl sites for hydroxylation is 1. The molecular weight excluding hydrogens is 164 g/mol. The Morgan fingerprint density at radius 1 is 1.69 bits per heavy atom. The SMILES string of the molecule is Cc1occ2c1CCNC2CCN. The average Bonchev–Trinajstić information content (AvgIpc) is 2.50. The Balaban J connectivity index is 2.27. The van der Waals surface area contributed by atoms with E-state index in [-0.39, 0.29) is 0 Å². The molecule has 0 fully saturated rings. The molecule has 3 N–H and O–H groups in total. The molecule has 0 spiro atoms. The molecule has 0 radical (unpaired) electrons. The first-order valence-corrected chi connectivity index (χ1v) is 4.83. The first kappa shape index (κ1) is 8.78. The van der Waals surface area contributed by atoms with E-state index in [1.54, 1.807) is 0 Å². The van der Waals surface area contributed by atoms with Gasteiger partial charge >= 0.3 is 0 Å². The average molecular weight is 180 g/mol. The van der Waals surface area contributed by atoms with Gasteiger partial charge < -0.3 is 15.5 Å². The predicted molar refractivity (Wildman–Crippen MR) is 51.6 cm³/mol. The summed E-state index contributed by atoms with van der Waals surface area (Å²) in [5.74, 6) is 1.07. The van der Waals surface area contributed by atoms with Crippen LogP contribution in [0.5, 0.6) is 0 Å². The second-order valence-corrected chi connectivity index (χ2v) is 3.56. The highest BCUT2D eigenvalue weighted by Crippen LogP contribution is 2.28. The second-order valence-electron chi connectivity index (χ2n) is 3.56. The Morgan fingerprint density at radius 2 is 2.54 bits per heavy atom. The van der Waals surface area contributed by atoms with Crippen molar-refractivity contribution >= 4 is 0 Å². The zero-order chi connectivity index (χ0) is 9.26. The Bertz CT molecular complexity index is 293. The number of furan rings is 1. The molecular formula is C10H16N2O. The topological polar surface area (TPSA) is 51.2 Å². The van der Waals surface area contributed by atoms with Crippen molar-refractivity contribution in [3.05, 3.63) is 23.2 Å². The van der Waals surface area contributed by atoms with E-state index >= 15 is 0 Å². The summed E-state index contributed by atoms with van der Waals surface area (Å²) in [6.07, 6.45) is 3.95. The van der Waals surface area contributed by atoms with Gasteiger partial charge in [0.05, 0.1) is 6.26 Å². The highest BCUT2D eigenvalue weighted by atomic mass is 16.3.